The molecule has 3 heterocycles. The third-order valence-electron chi connectivity index (χ3n) is 5.20. The van der Waals surface area contributed by atoms with E-state index in [-0.39, 0.29) is 10.9 Å². The molecule has 0 amide bonds. The summed E-state index contributed by atoms with van der Waals surface area (Å²) in [5.74, 6) is 4.39. The van der Waals surface area contributed by atoms with Crippen molar-refractivity contribution in [2.45, 2.75) is 17.4 Å². The summed E-state index contributed by atoms with van der Waals surface area (Å²) in [6, 6.07) is 6.16. The van der Waals surface area contributed by atoms with Crippen LogP contribution in [0.5, 0.6) is 5.75 Å². The number of piperazine rings is 1. The van der Waals surface area contributed by atoms with Crippen LogP contribution in [0.3, 0.4) is 0 Å². The number of benzene rings is 1. The molecule has 1 aromatic carbocycles. The number of aromatic nitrogens is 2. The molecule has 1 saturated heterocycles. The Labute approximate surface area is 165 Å². The van der Waals surface area contributed by atoms with E-state index in [0.717, 1.165) is 56.8 Å². The Morgan fingerprint density at radius 3 is 2.54 bits per heavy atom. The highest BCUT2D eigenvalue weighted by atomic mass is 32.2. The van der Waals surface area contributed by atoms with Gasteiger partial charge in [-0.2, -0.15) is 0 Å². The van der Waals surface area contributed by atoms with Gasteiger partial charge in [-0.1, -0.05) is 18.1 Å². The zero-order chi connectivity index (χ0) is 19.7. The maximum atomic E-state index is 11.5. The molecule has 28 heavy (non-hydrogen) atoms. The number of hydrogen-bond acceptors (Lipinski definition) is 7. The Morgan fingerprint density at radius 1 is 1.18 bits per heavy atom. The van der Waals surface area contributed by atoms with Gasteiger partial charge in [-0.15, -0.1) is 6.42 Å². The van der Waals surface area contributed by atoms with Crippen LogP contribution in [0.2, 0.25) is 0 Å². The van der Waals surface area contributed by atoms with Crippen molar-refractivity contribution in [3.63, 3.8) is 0 Å². The average molecular weight is 398 g/mol. The summed E-state index contributed by atoms with van der Waals surface area (Å²) < 4.78 is 28.8. The molecule has 0 saturated carbocycles. The molecular weight excluding hydrogens is 376 g/mol. The minimum Gasteiger partial charge on any atom is -0.493 e. The van der Waals surface area contributed by atoms with Gasteiger partial charge in [-0.25, -0.2) is 18.4 Å². The summed E-state index contributed by atoms with van der Waals surface area (Å²) in [4.78, 5) is 12.9. The lowest BCUT2D eigenvalue weighted by Gasteiger charge is -2.37. The fourth-order valence-corrected chi connectivity index (χ4v) is 4.10. The third-order valence-corrected chi connectivity index (χ3v) is 6.27. The summed E-state index contributed by atoms with van der Waals surface area (Å²) in [7, 11) is -3.29. The first kappa shape index (κ1) is 18.7. The van der Waals surface area contributed by atoms with E-state index < -0.39 is 9.84 Å². The second kappa shape index (κ2) is 7.41. The number of fused-ring (bicyclic) bond motifs is 1. The maximum absolute atomic E-state index is 11.5. The Morgan fingerprint density at radius 2 is 1.89 bits per heavy atom. The van der Waals surface area contributed by atoms with Crippen molar-refractivity contribution in [2.24, 2.45) is 0 Å². The topological polar surface area (TPSA) is 75.6 Å². The molecule has 1 unspecified atom stereocenters. The summed E-state index contributed by atoms with van der Waals surface area (Å²) in [6.07, 6.45) is 10.7. The van der Waals surface area contributed by atoms with Gasteiger partial charge in [0.05, 0.1) is 25.0 Å². The molecule has 4 rings (SSSR count). The first-order chi connectivity index (χ1) is 13.5. The molecule has 2 aliphatic heterocycles. The van der Waals surface area contributed by atoms with Crippen LogP contribution < -0.4 is 9.64 Å². The van der Waals surface area contributed by atoms with Gasteiger partial charge in [0, 0.05) is 38.9 Å². The van der Waals surface area contributed by atoms with Crippen molar-refractivity contribution in [1.82, 2.24) is 14.9 Å². The highest BCUT2D eigenvalue weighted by Gasteiger charge is 2.26. The Bertz CT molecular complexity index is 1010. The number of ether oxygens (including phenoxy) is 1. The van der Waals surface area contributed by atoms with Crippen molar-refractivity contribution < 1.29 is 13.2 Å². The maximum Gasteiger partial charge on any atom is 0.225 e. The monoisotopic (exact) mass is 398 g/mol. The molecule has 1 aromatic heterocycles. The highest BCUT2D eigenvalue weighted by molar-refractivity contribution is 7.90. The Balaban J connectivity index is 1.44. The molecule has 2 aliphatic rings. The average Bonchev–Trinajstić information content (AvgIpc) is 3.17. The summed E-state index contributed by atoms with van der Waals surface area (Å²) in [5.41, 5.74) is 2.31. The second-order valence-electron chi connectivity index (χ2n) is 7.05. The van der Waals surface area contributed by atoms with Crippen LogP contribution in [0.4, 0.5) is 5.95 Å². The largest absolute Gasteiger partial charge is 0.493 e. The standard InChI is InChI=1S/C20H22N4O3S/c1-3-18(16-5-4-15-6-11-27-19(15)12-16)23-7-9-24(10-8-23)20-21-13-17(14-22-20)28(2,25)26/h1,4-5,12-14,18H,6-11H2,2H3. The van der Waals surface area contributed by atoms with Gasteiger partial charge in [-0.3, -0.25) is 4.90 Å². The van der Waals surface area contributed by atoms with Crippen LogP contribution in [-0.2, 0) is 16.3 Å². The normalized spacial score (nSPS) is 18.2. The fourth-order valence-electron chi connectivity index (χ4n) is 3.61. The van der Waals surface area contributed by atoms with Gasteiger partial charge >= 0.3 is 0 Å². The van der Waals surface area contributed by atoms with Gasteiger partial charge < -0.3 is 9.64 Å². The Kier molecular flexibility index (Phi) is 4.96. The van der Waals surface area contributed by atoms with E-state index in [4.69, 9.17) is 11.2 Å². The number of hydrogen-bond donors (Lipinski definition) is 0. The van der Waals surface area contributed by atoms with E-state index in [1.165, 1.54) is 18.0 Å². The molecule has 0 spiro atoms. The van der Waals surface area contributed by atoms with Crippen LogP contribution in [0.25, 0.3) is 0 Å². The zero-order valence-electron chi connectivity index (χ0n) is 15.7. The minimum absolute atomic E-state index is 0.106. The van der Waals surface area contributed by atoms with Crippen molar-refractivity contribution in [3.8, 4) is 18.1 Å². The number of terminal acetylenes is 1. The molecule has 0 aliphatic carbocycles. The lowest BCUT2D eigenvalue weighted by Crippen LogP contribution is -2.48. The quantitative estimate of drug-likeness (QED) is 0.719. The molecule has 1 atom stereocenters. The van der Waals surface area contributed by atoms with E-state index in [2.05, 4.69) is 39.0 Å². The van der Waals surface area contributed by atoms with Gasteiger partial charge in [0.15, 0.2) is 9.84 Å². The number of anilines is 1. The smallest absolute Gasteiger partial charge is 0.225 e. The summed E-state index contributed by atoms with van der Waals surface area (Å²) in [5, 5.41) is 0. The number of rotatable bonds is 4. The lowest BCUT2D eigenvalue weighted by atomic mass is 10.0. The van der Waals surface area contributed by atoms with Crippen LogP contribution >= 0.6 is 0 Å². The number of nitrogens with zero attached hydrogens (tertiary/aromatic N) is 4. The molecule has 7 nitrogen and oxygen atoms in total. The first-order valence-electron chi connectivity index (χ1n) is 9.18. The minimum atomic E-state index is -3.29. The van der Waals surface area contributed by atoms with Crippen molar-refractivity contribution in [2.75, 3.05) is 43.9 Å². The van der Waals surface area contributed by atoms with Gasteiger partial charge in [0.2, 0.25) is 5.95 Å². The Hall–Kier alpha value is -2.63. The molecule has 0 bridgehead atoms. The summed E-state index contributed by atoms with van der Waals surface area (Å²) >= 11 is 0. The van der Waals surface area contributed by atoms with Crippen molar-refractivity contribution in [3.05, 3.63) is 41.7 Å². The van der Waals surface area contributed by atoms with Crippen LogP contribution in [0, 0.1) is 12.3 Å². The lowest BCUT2D eigenvalue weighted by molar-refractivity contribution is 0.222. The fraction of sp³-hybridized carbons (Fsp3) is 0.400. The molecule has 0 N–H and O–H groups in total. The van der Waals surface area contributed by atoms with Gasteiger partial charge in [0.25, 0.3) is 0 Å². The highest BCUT2D eigenvalue weighted by Crippen LogP contribution is 2.31. The predicted octanol–water partition coefficient (Wildman–Crippen LogP) is 1.31. The second-order valence-corrected chi connectivity index (χ2v) is 9.06. The van der Waals surface area contributed by atoms with Gasteiger partial charge in [-0.05, 0) is 17.2 Å². The SMILES string of the molecule is C#CC(c1ccc2c(c1)OCC2)N1CCN(c2ncc(S(C)(=O)=O)cn2)CC1. The van der Waals surface area contributed by atoms with Crippen LogP contribution in [0.1, 0.15) is 17.2 Å². The zero-order valence-corrected chi connectivity index (χ0v) is 16.5. The van der Waals surface area contributed by atoms with E-state index in [1.807, 2.05) is 4.90 Å². The van der Waals surface area contributed by atoms with Gasteiger partial charge in [0.1, 0.15) is 10.6 Å². The third kappa shape index (κ3) is 3.68. The molecular formula is C20H22N4O3S. The number of sulfone groups is 1. The first-order valence-corrected chi connectivity index (χ1v) is 11.1. The van der Waals surface area contributed by atoms with Crippen LogP contribution in [0.15, 0.2) is 35.5 Å². The molecule has 146 valence electrons. The van der Waals surface area contributed by atoms with E-state index >= 15 is 0 Å². The van der Waals surface area contributed by atoms with Crippen molar-refractivity contribution in [1.29, 1.82) is 0 Å². The predicted molar refractivity (Wildman–Crippen MR) is 106 cm³/mol. The van der Waals surface area contributed by atoms with E-state index in [0.29, 0.717) is 5.95 Å². The van der Waals surface area contributed by atoms with Crippen LogP contribution in [-0.4, -0.2) is 62.3 Å². The summed E-state index contributed by atoms with van der Waals surface area (Å²) in [6.45, 7) is 3.71. The molecule has 8 heteroatoms. The molecule has 2 aromatic rings. The van der Waals surface area contributed by atoms with E-state index in [9.17, 15) is 8.42 Å². The van der Waals surface area contributed by atoms with E-state index in [1.54, 1.807) is 0 Å². The van der Waals surface area contributed by atoms with Crippen molar-refractivity contribution >= 4 is 15.8 Å². The molecule has 1 fully saturated rings. The molecule has 0 radical (unpaired) electrons.